The number of carbonyl (C=O) groups is 2. The largest absolute Gasteiger partial charge is 0.477 e. The molecular weight excluding hydrogens is 272 g/mol. The monoisotopic (exact) mass is 294 g/mol. The second-order valence-corrected chi connectivity index (χ2v) is 5.64. The number of amides is 1. The lowest BCUT2D eigenvalue weighted by molar-refractivity contribution is -0.122. The van der Waals surface area contributed by atoms with Gasteiger partial charge in [-0.2, -0.15) is 0 Å². The van der Waals surface area contributed by atoms with Crippen LogP contribution in [0.25, 0.3) is 0 Å². The molecular formula is C15H22N2O4. The lowest BCUT2D eigenvalue weighted by Gasteiger charge is -2.19. The number of nitrogens with one attached hydrogen (secondary N) is 1. The van der Waals surface area contributed by atoms with Gasteiger partial charge in [-0.15, -0.1) is 0 Å². The van der Waals surface area contributed by atoms with Crippen molar-refractivity contribution in [1.82, 2.24) is 9.88 Å². The minimum Gasteiger partial charge on any atom is -0.477 e. The van der Waals surface area contributed by atoms with Gasteiger partial charge in [0.15, 0.2) is 0 Å². The molecule has 21 heavy (non-hydrogen) atoms. The lowest BCUT2D eigenvalue weighted by atomic mass is 10.1. The number of aryl methyl sites for hydroxylation is 2. The summed E-state index contributed by atoms with van der Waals surface area (Å²) in [5.74, 6) is -1.30. The first-order valence-corrected chi connectivity index (χ1v) is 6.88. The summed E-state index contributed by atoms with van der Waals surface area (Å²) in [6.45, 7) is 8.92. The van der Waals surface area contributed by atoms with Gasteiger partial charge in [0.05, 0.1) is 0 Å². The molecule has 116 valence electrons. The first-order chi connectivity index (χ1) is 9.65. The Morgan fingerprint density at radius 3 is 2.33 bits per heavy atom. The Hall–Kier alpha value is -2.11. The molecule has 0 spiro atoms. The third-order valence-corrected chi connectivity index (χ3v) is 3.61. The van der Waals surface area contributed by atoms with Crippen LogP contribution in [0.15, 0.2) is 10.9 Å². The van der Waals surface area contributed by atoms with E-state index in [1.165, 1.54) is 4.57 Å². The van der Waals surface area contributed by atoms with Crippen molar-refractivity contribution in [2.75, 3.05) is 0 Å². The van der Waals surface area contributed by atoms with Crippen LogP contribution in [-0.4, -0.2) is 27.6 Å². The summed E-state index contributed by atoms with van der Waals surface area (Å²) in [7, 11) is 0. The quantitative estimate of drug-likeness (QED) is 0.857. The van der Waals surface area contributed by atoms with Crippen LogP contribution < -0.4 is 10.9 Å². The zero-order valence-corrected chi connectivity index (χ0v) is 13.1. The fourth-order valence-corrected chi connectivity index (χ4v) is 1.99. The van der Waals surface area contributed by atoms with E-state index in [9.17, 15) is 14.4 Å². The summed E-state index contributed by atoms with van der Waals surface area (Å²) >= 11 is 0. The normalized spacial score (nSPS) is 12.3. The molecule has 0 aromatic carbocycles. The van der Waals surface area contributed by atoms with E-state index < -0.39 is 11.5 Å². The number of hydrogen-bond donors (Lipinski definition) is 2. The molecule has 1 atom stereocenters. The van der Waals surface area contributed by atoms with Crippen LogP contribution in [-0.2, 0) is 11.3 Å². The molecule has 1 aromatic rings. The third-order valence-electron chi connectivity index (χ3n) is 3.61. The summed E-state index contributed by atoms with van der Waals surface area (Å²) in [6.07, 6.45) is 0. The van der Waals surface area contributed by atoms with E-state index in [1.807, 2.05) is 20.8 Å². The van der Waals surface area contributed by atoms with Crippen molar-refractivity contribution in [2.45, 2.75) is 47.2 Å². The second kappa shape index (κ2) is 6.56. The Kier molecular flexibility index (Phi) is 5.29. The van der Waals surface area contributed by atoms with E-state index in [-0.39, 0.29) is 30.0 Å². The van der Waals surface area contributed by atoms with E-state index in [0.717, 1.165) is 0 Å². The number of hydrogen-bond acceptors (Lipinski definition) is 3. The molecule has 0 aliphatic heterocycles. The first kappa shape index (κ1) is 16.9. The minimum atomic E-state index is -1.28. The van der Waals surface area contributed by atoms with Crippen molar-refractivity contribution in [2.24, 2.45) is 5.92 Å². The van der Waals surface area contributed by atoms with Crippen LogP contribution >= 0.6 is 0 Å². The van der Waals surface area contributed by atoms with E-state index in [0.29, 0.717) is 11.3 Å². The highest BCUT2D eigenvalue weighted by molar-refractivity contribution is 5.89. The van der Waals surface area contributed by atoms with Gasteiger partial charge < -0.3 is 15.0 Å². The molecule has 1 amide bonds. The molecule has 0 bridgehead atoms. The molecule has 1 heterocycles. The fourth-order valence-electron chi connectivity index (χ4n) is 1.99. The SMILES string of the molecule is Cc1cc(C)n(CC(=O)NC(C)C(C)C)c(=O)c1C(=O)O. The van der Waals surface area contributed by atoms with Crippen LogP contribution in [0.1, 0.15) is 42.4 Å². The van der Waals surface area contributed by atoms with Crippen molar-refractivity contribution in [1.29, 1.82) is 0 Å². The van der Waals surface area contributed by atoms with E-state index in [4.69, 9.17) is 5.11 Å². The van der Waals surface area contributed by atoms with Gasteiger partial charge in [0, 0.05) is 11.7 Å². The number of carboxylic acid groups (broad SMARTS) is 1. The van der Waals surface area contributed by atoms with Gasteiger partial charge in [0.25, 0.3) is 5.56 Å². The summed E-state index contributed by atoms with van der Waals surface area (Å²) in [6, 6.07) is 1.59. The Labute approximate surface area is 123 Å². The standard InChI is InChI=1S/C15H22N2O4/c1-8(2)11(5)16-12(18)7-17-10(4)6-9(3)13(14(17)19)15(20)21/h6,8,11H,7H2,1-5H3,(H,16,18)(H,20,21). The Morgan fingerprint density at radius 2 is 1.86 bits per heavy atom. The highest BCUT2D eigenvalue weighted by atomic mass is 16.4. The summed E-state index contributed by atoms with van der Waals surface area (Å²) in [4.78, 5) is 35.3. The Bertz CT molecular complexity index is 617. The van der Waals surface area contributed by atoms with Gasteiger partial charge in [0.1, 0.15) is 12.1 Å². The van der Waals surface area contributed by atoms with E-state index >= 15 is 0 Å². The number of rotatable bonds is 5. The van der Waals surface area contributed by atoms with E-state index in [2.05, 4.69) is 5.32 Å². The van der Waals surface area contributed by atoms with Gasteiger partial charge in [-0.1, -0.05) is 13.8 Å². The maximum Gasteiger partial charge on any atom is 0.341 e. The van der Waals surface area contributed by atoms with Crippen LogP contribution in [0.2, 0.25) is 0 Å². The number of aromatic nitrogens is 1. The van der Waals surface area contributed by atoms with Gasteiger partial charge in [0.2, 0.25) is 5.91 Å². The number of carboxylic acids is 1. The highest BCUT2D eigenvalue weighted by Crippen LogP contribution is 2.07. The first-order valence-electron chi connectivity index (χ1n) is 6.88. The van der Waals surface area contributed by atoms with E-state index in [1.54, 1.807) is 19.9 Å². The highest BCUT2D eigenvalue weighted by Gasteiger charge is 2.18. The van der Waals surface area contributed by atoms with Crippen molar-refractivity contribution in [3.8, 4) is 0 Å². The maximum atomic E-state index is 12.2. The molecule has 0 saturated heterocycles. The molecule has 2 N–H and O–H groups in total. The summed E-state index contributed by atoms with van der Waals surface area (Å²) in [5.41, 5.74) is 0.0321. The molecule has 1 unspecified atom stereocenters. The van der Waals surface area contributed by atoms with Crippen molar-refractivity contribution >= 4 is 11.9 Å². The maximum absolute atomic E-state index is 12.2. The molecule has 6 heteroatoms. The van der Waals surface area contributed by atoms with Crippen molar-refractivity contribution in [3.63, 3.8) is 0 Å². The molecule has 0 saturated carbocycles. The molecule has 0 aliphatic rings. The molecule has 1 aromatic heterocycles. The van der Waals surface area contributed by atoms with Crippen molar-refractivity contribution < 1.29 is 14.7 Å². The van der Waals surface area contributed by atoms with Crippen LogP contribution in [0, 0.1) is 19.8 Å². The zero-order chi connectivity index (χ0) is 16.3. The number of pyridine rings is 1. The second-order valence-electron chi connectivity index (χ2n) is 5.64. The van der Waals surface area contributed by atoms with Gasteiger partial charge >= 0.3 is 5.97 Å². The average molecular weight is 294 g/mol. The number of aromatic carboxylic acids is 1. The van der Waals surface area contributed by atoms with Crippen LogP contribution in [0.5, 0.6) is 0 Å². The average Bonchev–Trinajstić information content (AvgIpc) is 2.33. The van der Waals surface area contributed by atoms with Gasteiger partial charge in [-0.05, 0) is 38.3 Å². The number of nitrogens with zero attached hydrogens (tertiary/aromatic N) is 1. The van der Waals surface area contributed by atoms with Gasteiger partial charge in [-0.3, -0.25) is 9.59 Å². The smallest absolute Gasteiger partial charge is 0.341 e. The summed E-state index contributed by atoms with van der Waals surface area (Å²) in [5, 5.41) is 11.9. The molecule has 6 nitrogen and oxygen atoms in total. The predicted molar refractivity (Wildman–Crippen MR) is 79.6 cm³/mol. The minimum absolute atomic E-state index is 0.0158. The molecule has 0 fully saturated rings. The summed E-state index contributed by atoms with van der Waals surface area (Å²) < 4.78 is 1.19. The lowest BCUT2D eigenvalue weighted by Crippen LogP contribution is -2.41. The molecule has 0 aliphatic carbocycles. The topological polar surface area (TPSA) is 88.4 Å². The molecule has 0 radical (unpaired) electrons. The van der Waals surface area contributed by atoms with Gasteiger partial charge in [-0.25, -0.2) is 4.79 Å². The Morgan fingerprint density at radius 1 is 1.29 bits per heavy atom. The Balaban J connectivity index is 3.10. The number of carbonyl (C=O) groups excluding carboxylic acids is 1. The fraction of sp³-hybridized carbons (Fsp3) is 0.533. The van der Waals surface area contributed by atoms with Crippen LogP contribution in [0.4, 0.5) is 0 Å². The van der Waals surface area contributed by atoms with Crippen molar-refractivity contribution in [3.05, 3.63) is 33.2 Å². The zero-order valence-electron chi connectivity index (χ0n) is 13.1. The third kappa shape index (κ3) is 3.93. The molecule has 1 rings (SSSR count). The predicted octanol–water partition coefficient (Wildman–Crippen LogP) is 1.32. The van der Waals surface area contributed by atoms with Crippen LogP contribution in [0.3, 0.4) is 0 Å².